The molecule has 0 aliphatic carbocycles. The summed E-state index contributed by atoms with van der Waals surface area (Å²) in [6, 6.07) is 5.31. The second kappa shape index (κ2) is 8.13. The zero-order chi connectivity index (χ0) is 15.2. The largest absolute Gasteiger partial charge is 0.376 e. The Hall–Kier alpha value is -0.620. The molecule has 1 aliphatic heterocycles. The number of halogens is 2. The molecule has 0 bridgehead atoms. The van der Waals surface area contributed by atoms with E-state index < -0.39 is 6.10 Å². The van der Waals surface area contributed by atoms with Crippen LogP contribution in [0.3, 0.4) is 0 Å². The Morgan fingerprint density at radius 1 is 1.57 bits per heavy atom. The quantitative estimate of drug-likeness (QED) is 0.844. The van der Waals surface area contributed by atoms with Gasteiger partial charge in [0.05, 0.1) is 23.4 Å². The Morgan fingerprint density at radius 3 is 3.05 bits per heavy atom. The predicted octanol–water partition coefficient (Wildman–Crippen LogP) is 4.02. The van der Waals surface area contributed by atoms with Crippen LogP contribution in [0.4, 0.5) is 5.69 Å². The molecule has 116 valence electrons. The molecule has 1 fully saturated rings. The first-order valence-corrected chi connectivity index (χ1v) is 8.22. The van der Waals surface area contributed by atoms with Crippen LogP contribution in [0.2, 0.25) is 5.02 Å². The number of anilines is 1. The van der Waals surface area contributed by atoms with Crippen molar-refractivity contribution < 1.29 is 14.3 Å². The number of rotatable bonds is 5. The fraction of sp³-hybridized carbons (Fsp3) is 0.533. The second-order valence-corrected chi connectivity index (χ2v) is 6.40. The topological polar surface area (TPSA) is 47.6 Å². The summed E-state index contributed by atoms with van der Waals surface area (Å²) in [5, 5.41) is 3.25. The number of hydrogen-bond acceptors (Lipinski definition) is 3. The Bertz CT molecular complexity index is 492. The monoisotopic (exact) mass is 375 g/mol. The number of carbonyl (C=O) groups excluding carboxylic acids is 1. The van der Waals surface area contributed by atoms with Crippen LogP contribution in [-0.2, 0) is 14.3 Å². The highest BCUT2D eigenvalue weighted by atomic mass is 79.9. The lowest BCUT2D eigenvalue weighted by Crippen LogP contribution is -2.32. The summed E-state index contributed by atoms with van der Waals surface area (Å²) in [7, 11) is 0. The third kappa shape index (κ3) is 5.25. The SMILES string of the molecule is CC(OCC1CCCCO1)C(=O)Nc1ccc(Br)cc1Cl. The van der Waals surface area contributed by atoms with Crippen molar-refractivity contribution >= 4 is 39.1 Å². The Kier molecular flexibility index (Phi) is 6.48. The smallest absolute Gasteiger partial charge is 0.253 e. The predicted molar refractivity (Wildman–Crippen MR) is 86.8 cm³/mol. The van der Waals surface area contributed by atoms with E-state index in [2.05, 4.69) is 21.2 Å². The van der Waals surface area contributed by atoms with Crippen LogP contribution < -0.4 is 5.32 Å². The van der Waals surface area contributed by atoms with Crippen molar-refractivity contribution in [1.29, 1.82) is 0 Å². The average Bonchev–Trinajstić information content (AvgIpc) is 2.48. The number of ether oxygens (including phenoxy) is 2. The lowest BCUT2D eigenvalue weighted by atomic mass is 10.1. The second-order valence-electron chi connectivity index (χ2n) is 5.08. The molecule has 1 N–H and O–H groups in total. The molecule has 0 spiro atoms. The summed E-state index contributed by atoms with van der Waals surface area (Å²) >= 11 is 9.40. The molecule has 4 nitrogen and oxygen atoms in total. The van der Waals surface area contributed by atoms with E-state index in [1.807, 2.05) is 6.07 Å². The van der Waals surface area contributed by atoms with Gasteiger partial charge in [-0.2, -0.15) is 0 Å². The van der Waals surface area contributed by atoms with Gasteiger partial charge in [-0.1, -0.05) is 27.5 Å². The summed E-state index contributed by atoms with van der Waals surface area (Å²) in [5.74, 6) is -0.213. The van der Waals surface area contributed by atoms with Crippen LogP contribution in [-0.4, -0.2) is 31.3 Å². The van der Waals surface area contributed by atoms with Crippen LogP contribution in [0.15, 0.2) is 22.7 Å². The molecular formula is C15H19BrClNO3. The van der Waals surface area contributed by atoms with Gasteiger partial charge in [-0.15, -0.1) is 0 Å². The van der Waals surface area contributed by atoms with Crippen molar-refractivity contribution in [3.63, 3.8) is 0 Å². The van der Waals surface area contributed by atoms with Gasteiger partial charge in [0, 0.05) is 11.1 Å². The Balaban J connectivity index is 1.81. The molecule has 1 aromatic rings. The minimum absolute atomic E-state index is 0.102. The van der Waals surface area contributed by atoms with E-state index in [0.29, 0.717) is 17.3 Å². The highest BCUT2D eigenvalue weighted by Gasteiger charge is 2.19. The minimum atomic E-state index is -0.546. The average molecular weight is 377 g/mol. The van der Waals surface area contributed by atoms with E-state index in [1.54, 1.807) is 19.1 Å². The maximum atomic E-state index is 12.1. The standard InChI is InChI=1S/C15H19BrClNO3/c1-10(21-9-12-4-2-3-7-20-12)15(19)18-14-6-5-11(16)8-13(14)17/h5-6,8,10,12H,2-4,7,9H2,1H3,(H,18,19). The maximum absolute atomic E-state index is 12.1. The van der Waals surface area contributed by atoms with Crippen molar-refractivity contribution in [3.8, 4) is 0 Å². The van der Waals surface area contributed by atoms with E-state index in [4.69, 9.17) is 21.1 Å². The van der Waals surface area contributed by atoms with E-state index >= 15 is 0 Å². The highest BCUT2D eigenvalue weighted by Crippen LogP contribution is 2.25. The maximum Gasteiger partial charge on any atom is 0.253 e. The molecular weight excluding hydrogens is 358 g/mol. The first-order chi connectivity index (χ1) is 10.1. The molecule has 6 heteroatoms. The third-order valence-corrected chi connectivity index (χ3v) is 4.17. The van der Waals surface area contributed by atoms with Crippen LogP contribution in [0, 0.1) is 0 Å². The Labute approximate surface area is 138 Å². The summed E-state index contributed by atoms with van der Waals surface area (Å²) in [5.41, 5.74) is 0.578. The number of nitrogens with one attached hydrogen (secondary N) is 1. The number of benzene rings is 1. The van der Waals surface area contributed by atoms with Crippen molar-refractivity contribution in [2.75, 3.05) is 18.5 Å². The molecule has 2 atom stereocenters. The molecule has 2 rings (SSSR count). The van der Waals surface area contributed by atoms with Gasteiger partial charge < -0.3 is 14.8 Å². The molecule has 1 aliphatic rings. The zero-order valence-electron chi connectivity index (χ0n) is 11.9. The third-order valence-electron chi connectivity index (χ3n) is 3.36. The molecule has 0 radical (unpaired) electrons. The number of carbonyl (C=O) groups is 1. The van der Waals surface area contributed by atoms with Crippen LogP contribution in [0.25, 0.3) is 0 Å². The summed E-state index contributed by atoms with van der Waals surface area (Å²) in [6.07, 6.45) is 2.81. The van der Waals surface area contributed by atoms with E-state index in [-0.39, 0.29) is 12.0 Å². The summed E-state index contributed by atoms with van der Waals surface area (Å²) in [6.45, 7) is 2.96. The van der Waals surface area contributed by atoms with Crippen molar-refractivity contribution in [1.82, 2.24) is 0 Å². The molecule has 0 aromatic heterocycles. The van der Waals surface area contributed by atoms with Gasteiger partial charge in [0.2, 0.25) is 0 Å². The fourth-order valence-electron chi connectivity index (χ4n) is 2.09. The first-order valence-electron chi connectivity index (χ1n) is 7.05. The molecule has 1 saturated heterocycles. The van der Waals surface area contributed by atoms with Gasteiger partial charge in [-0.25, -0.2) is 0 Å². The summed E-state index contributed by atoms with van der Waals surface area (Å²) in [4.78, 5) is 12.1. The zero-order valence-corrected chi connectivity index (χ0v) is 14.2. The van der Waals surface area contributed by atoms with Crippen molar-refractivity contribution in [3.05, 3.63) is 27.7 Å². The van der Waals surface area contributed by atoms with Crippen LogP contribution >= 0.6 is 27.5 Å². The molecule has 1 aromatic carbocycles. The lowest BCUT2D eigenvalue weighted by Gasteiger charge is -2.24. The van der Waals surface area contributed by atoms with Gasteiger partial charge in [0.15, 0.2) is 0 Å². The first kappa shape index (κ1) is 16.7. The highest BCUT2D eigenvalue weighted by molar-refractivity contribution is 9.10. The van der Waals surface area contributed by atoms with E-state index in [9.17, 15) is 4.79 Å². The van der Waals surface area contributed by atoms with Gasteiger partial charge >= 0.3 is 0 Å². The molecule has 1 amide bonds. The van der Waals surface area contributed by atoms with Gasteiger partial charge in [-0.3, -0.25) is 4.79 Å². The van der Waals surface area contributed by atoms with Crippen LogP contribution in [0.1, 0.15) is 26.2 Å². The van der Waals surface area contributed by atoms with Gasteiger partial charge in [0.1, 0.15) is 6.10 Å². The molecule has 2 unspecified atom stereocenters. The number of amides is 1. The molecule has 21 heavy (non-hydrogen) atoms. The molecule has 0 saturated carbocycles. The minimum Gasteiger partial charge on any atom is -0.376 e. The number of hydrogen-bond donors (Lipinski definition) is 1. The Morgan fingerprint density at radius 2 is 2.38 bits per heavy atom. The van der Waals surface area contributed by atoms with E-state index in [0.717, 1.165) is 30.3 Å². The summed E-state index contributed by atoms with van der Waals surface area (Å²) < 4.78 is 12.0. The van der Waals surface area contributed by atoms with Crippen LogP contribution in [0.5, 0.6) is 0 Å². The normalized spacial score (nSPS) is 20.0. The fourth-order valence-corrected chi connectivity index (χ4v) is 2.81. The van der Waals surface area contributed by atoms with Crippen molar-refractivity contribution in [2.45, 2.75) is 38.4 Å². The van der Waals surface area contributed by atoms with Gasteiger partial charge in [0.25, 0.3) is 5.91 Å². The lowest BCUT2D eigenvalue weighted by molar-refractivity contribution is -0.130. The van der Waals surface area contributed by atoms with E-state index in [1.165, 1.54) is 0 Å². The van der Waals surface area contributed by atoms with Crippen molar-refractivity contribution in [2.24, 2.45) is 0 Å². The molecule has 1 heterocycles. The van der Waals surface area contributed by atoms with Gasteiger partial charge in [-0.05, 0) is 44.4 Å².